The average molecular weight is 468 g/mol. The van der Waals surface area contributed by atoms with Gasteiger partial charge in [0.25, 0.3) is 5.91 Å². The summed E-state index contributed by atoms with van der Waals surface area (Å²) < 4.78 is 13.9. The minimum absolute atomic E-state index is 0.121. The van der Waals surface area contributed by atoms with Crippen molar-refractivity contribution in [1.29, 1.82) is 0 Å². The maximum Gasteiger partial charge on any atom is 0.255 e. The Kier molecular flexibility index (Phi) is 6.04. The van der Waals surface area contributed by atoms with Gasteiger partial charge in [-0.15, -0.1) is 0 Å². The van der Waals surface area contributed by atoms with Crippen molar-refractivity contribution in [3.63, 3.8) is 0 Å². The van der Waals surface area contributed by atoms with Crippen LogP contribution in [0.25, 0.3) is 0 Å². The van der Waals surface area contributed by atoms with Gasteiger partial charge in [-0.1, -0.05) is 18.2 Å². The number of halogens is 1. The number of aliphatic hydroxyl groups excluding tert-OH is 1. The van der Waals surface area contributed by atoms with Crippen molar-refractivity contribution in [3.8, 4) is 5.75 Å². The van der Waals surface area contributed by atoms with Crippen LogP contribution in [0.5, 0.6) is 5.75 Å². The number of nitrogens with zero attached hydrogens (tertiary/aromatic N) is 2. The topological polar surface area (TPSA) is 93.1 Å². The van der Waals surface area contributed by atoms with E-state index in [4.69, 9.17) is 0 Å². The van der Waals surface area contributed by atoms with Crippen molar-refractivity contribution in [1.82, 2.24) is 15.1 Å². The van der Waals surface area contributed by atoms with Gasteiger partial charge in [0, 0.05) is 18.7 Å². The predicted octanol–water partition coefficient (Wildman–Crippen LogP) is 2.77. The number of rotatable bonds is 4. The minimum Gasteiger partial charge on any atom is -0.505 e. The number of aryl methyl sites for hydroxylation is 1. The van der Waals surface area contributed by atoms with Gasteiger partial charge in [0.15, 0.2) is 11.6 Å². The summed E-state index contributed by atoms with van der Waals surface area (Å²) in [6.45, 7) is 4.55. The maximum atomic E-state index is 13.9. The van der Waals surface area contributed by atoms with E-state index in [1.807, 2.05) is 18.2 Å². The standard InChI is InChI=1S/C26H30FN3O4/c1-15-10-16(11-21(27)24(15)32)13-29-8-6-17(7-9-29)18-2-3-20-19(12-18)14-30(26(20)34)22-4-5-23(31)28-25(22)33/h2-3,10-12,17,22-23,31-32H,4-9,13-14H2,1H3,(H,28,33)/t22?,23-/m1/s1. The lowest BCUT2D eigenvalue weighted by molar-refractivity contribution is -0.132. The Labute approximate surface area is 198 Å². The summed E-state index contributed by atoms with van der Waals surface area (Å²) in [5.41, 5.74) is 4.24. The molecule has 2 fully saturated rings. The molecule has 2 aromatic rings. The van der Waals surface area contributed by atoms with Gasteiger partial charge >= 0.3 is 0 Å². The number of amides is 2. The van der Waals surface area contributed by atoms with Crippen LogP contribution in [0.1, 0.15) is 64.2 Å². The first-order valence-electron chi connectivity index (χ1n) is 11.9. The van der Waals surface area contributed by atoms with Gasteiger partial charge in [-0.05, 0) is 86.0 Å². The number of aromatic hydroxyl groups is 1. The molecular weight excluding hydrogens is 437 g/mol. The van der Waals surface area contributed by atoms with Gasteiger partial charge in [0.1, 0.15) is 12.3 Å². The summed E-state index contributed by atoms with van der Waals surface area (Å²) in [5, 5.41) is 21.8. The molecule has 0 aromatic heterocycles. The van der Waals surface area contributed by atoms with E-state index in [0.29, 0.717) is 43.0 Å². The number of benzene rings is 2. The van der Waals surface area contributed by atoms with Gasteiger partial charge in [0.05, 0.1) is 0 Å². The fraction of sp³-hybridized carbons (Fsp3) is 0.462. The number of phenols is 1. The van der Waals surface area contributed by atoms with E-state index in [1.165, 1.54) is 11.6 Å². The van der Waals surface area contributed by atoms with E-state index in [1.54, 1.807) is 11.8 Å². The first kappa shape index (κ1) is 22.8. The Bertz CT molecular complexity index is 1110. The monoisotopic (exact) mass is 467 g/mol. The molecule has 0 radical (unpaired) electrons. The van der Waals surface area contributed by atoms with Gasteiger partial charge < -0.3 is 20.4 Å². The number of piperidine rings is 2. The third-order valence-corrected chi connectivity index (χ3v) is 7.44. The highest BCUT2D eigenvalue weighted by atomic mass is 19.1. The third-order valence-electron chi connectivity index (χ3n) is 7.44. The largest absolute Gasteiger partial charge is 0.505 e. The summed E-state index contributed by atoms with van der Waals surface area (Å²) in [7, 11) is 0. The lowest BCUT2D eigenvalue weighted by atomic mass is 9.87. The summed E-state index contributed by atoms with van der Waals surface area (Å²) >= 11 is 0. The van der Waals surface area contributed by atoms with Crippen molar-refractivity contribution in [2.75, 3.05) is 13.1 Å². The second-order valence-corrected chi connectivity index (χ2v) is 9.76. The zero-order valence-corrected chi connectivity index (χ0v) is 19.3. The number of hydrogen-bond acceptors (Lipinski definition) is 5. The molecule has 8 heteroatoms. The van der Waals surface area contributed by atoms with E-state index in [9.17, 15) is 24.2 Å². The number of hydrogen-bond donors (Lipinski definition) is 3. The first-order chi connectivity index (χ1) is 16.3. The molecule has 2 aromatic carbocycles. The predicted molar refractivity (Wildman–Crippen MR) is 124 cm³/mol. The quantitative estimate of drug-likeness (QED) is 0.643. The smallest absolute Gasteiger partial charge is 0.255 e. The lowest BCUT2D eigenvalue weighted by Gasteiger charge is -2.32. The molecule has 3 aliphatic rings. The van der Waals surface area contributed by atoms with E-state index < -0.39 is 18.1 Å². The number of carbonyl (C=O) groups excluding carboxylic acids is 2. The fourth-order valence-corrected chi connectivity index (χ4v) is 5.53. The summed E-state index contributed by atoms with van der Waals surface area (Å²) in [4.78, 5) is 29.2. The van der Waals surface area contributed by atoms with E-state index in [-0.39, 0.29) is 17.6 Å². The number of nitrogens with one attached hydrogen (secondary N) is 1. The average Bonchev–Trinajstić information content (AvgIpc) is 3.13. The van der Waals surface area contributed by atoms with Crippen molar-refractivity contribution >= 4 is 11.8 Å². The zero-order valence-electron chi connectivity index (χ0n) is 19.3. The maximum absolute atomic E-state index is 13.9. The number of phenolic OH excluding ortho intramolecular Hbond substituents is 1. The molecule has 0 aliphatic carbocycles. The molecule has 7 nitrogen and oxygen atoms in total. The Hall–Kier alpha value is -2.97. The van der Waals surface area contributed by atoms with Crippen LogP contribution in [0.15, 0.2) is 30.3 Å². The molecule has 3 aliphatic heterocycles. The molecule has 2 amide bonds. The zero-order chi connectivity index (χ0) is 24.0. The molecule has 0 spiro atoms. The molecule has 3 heterocycles. The van der Waals surface area contributed by atoms with Crippen molar-refractivity contribution < 1.29 is 24.2 Å². The SMILES string of the molecule is Cc1cc(CN2CCC(c3ccc4c(c3)CN(C3CC[C@@H](O)NC3=O)C4=O)CC2)cc(F)c1O. The number of fused-ring (bicyclic) bond motifs is 1. The Morgan fingerprint density at radius 3 is 2.56 bits per heavy atom. The minimum atomic E-state index is -0.835. The van der Waals surface area contributed by atoms with Gasteiger partial charge in [0.2, 0.25) is 5.91 Å². The van der Waals surface area contributed by atoms with Gasteiger partial charge in [-0.3, -0.25) is 14.5 Å². The summed E-state index contributed by atoms with van der Waals surface area (Å²) in [6, 6.07) is 8.73. The Morgan fingerprint density at radius 2 is 1.85 bits per heavy atom. The van der Waals surface area contributed by atoms with E-state index >= 15 is 0 Å². The second-order valence-electron chi connectivity index (χ2n) is 9.76. The summed E-state index contributed by atoms with van der Waals surface area (Å²) in [5.74, 6) is -0.885. The van der Waals surface area contributed by atoms with E-state index in [0.717, 1.165) is 37.1 Å². The van der Waals surface area contributed by atoms with Gasteiger partial charge in [-0.25, -0.2) is 4.39 Å². The van der Waals surface area contributed by atoms with Crippen LogP contribution in [0.4, 0.5) is 4.39 Å². The summed E-state index contributed by atoms with van der Waals surface area (Å²) in [6.07, 6.45) is 2.01. The molecule has 180 valence electrons. The highest BCUT2D eigenvalue weighted by molar-refractivity contribution is 6.01. The first-order valence-corrected chi connectivity index (χ1v) is 11.9. The molecule has 0 bridgehead atoms. The Morgan fingerprint density at radius 1 is 1.09 bits per heavy atom. The molecule has 1 unspecified atom stereocenters. The second kappa shape index (κ2) is 9.00. The normalized spacial score (nSPS) is 23.8. The number of likely N-dealkylation sites (tertiary alicyclic amines) is 1. The van der Waals surface area contributed by atoms with Crippen LogP contribution in [-0.4, -0.2) is 57.2 Å². The molecule has 2 saturated heterocycles. The van der Waals surface area contributed by atoms with Crippen molar-refractivity contribution in [2.24, 2.45) is 0 Å². The van der Waals surface area contributed by atoms with Gasteiger partial charge in [-0.2, -0.15) is 0 Å². The number of carbonyl (C=O) groups is 2. The van der Waals surface area contributed by atoms with Crippen LogP contribution in [0.2, 0.25) is 0 Å². The van der Waals surface area contributed by atoms with Crippen LogP contribution in [-0.2, 0) is 17.9 Å². The molecule has 34 heavy (non-hydrogen) atoms. The fourth-order valence-electron chi connectivity index (χ4n) is 5.53. The van der Waals surface area contributed by atoms with Crippen LogP contribution < -0.4 is 5.32 Å². The molecular formula is C26H30FN3O4. The molecule has 0 saturated carbocycles. The Balaban J connectivity index is 1.22. The highest BCUT2D eigenvalue weighted by Crippen LogP contribution is 2.34. The van der Waals surface area contributed by atoms with Crippen molar-refractivity contribution in [3.05, 3.63) is 64.0 Å². The van der Waals surface area contributed by atoms with Crippen molar-refractivity contribution in [2.45, 2.75) is 63.9 Å². The molecule has 2 atom stereocenters. The van der Waals surface area contributed by atoms with Crippen LogP contribution in [0, 0.1) is 12.7 Å². The van der Waals surface area contributed by atoms with Crippen LogP contribution >= 0.6 is 0 Å². The molecule has 3 N–H and O–H groups in total. The van der Waals surface area contributed by atoms with Crippen LogP contribution in [0.3, 0.4) is 0 Å². The van der Waals surface area contributed by atoms with E-state index in [2.05, 4.69) is 16.3 Å². The number of aliphatic hydroxyl groups is 1. The lowest BCUT2D eigenvalue weighted by Crippen LogP contribution is -2.54. The third kappa shape index (κ3) is 4.28. The highest BCUT2D eigenvalue weighted by Gasteiger charge is 2.39. The molecule has 5 rings (SSSR count).